The molecule has 1 heterocycles. The van der Waals surface area contributed by atoms with Gasteiger partial charge >= 0.3 is 5.97 Å². The van der Waals surface area contributed by atoms with Crippen molar-refractivity contribution in [2.45, 2.75) is 136 Å². The average Bonchev–Trinajstić information content (AvgIpc) is 2.76. The van der Waals surface area contributed by atoms with Gasteiger partial charge in [0.25, 0.3) is 5.67 Å². The van der Waals surface area contributed by atoms with Crippen LogP contribution in [0.15, 0.2) is 0 Å². The normalized spacial score (nSPS) is 41.9. The summed E-state index contributed by atoms with van der Waals surface area (Å²) in [6, 6.07) is 0. The highest BCUT2D eigenvalue weighted by Crippen LogP contribution is 2.38. The Labute approximate surface area is 215 Å². The molecule has 0 saturated carbocycles. The monoisotopic (exact) mass is 518 g/mol. The third-order valence-electron chi connectivity index (χ3n) is 7.23. The van der Waals surface area contributed by atoms with Crippen LogP contribution in [0.5, 0.6) is 0 Å². The van der Waals surface area contributed by atoms with Crippen LogP contribution in [0.3, 0.4) is 0 Å². The molecule has 0 spiro atoms. The van der Waals surface area contributed by atoms with E-state index in [-0.39, 0.29) is 30.8 Å². The summed E-state index contributed by atoms with van der Waals surface area (Å²) in [6.07, 6.45) is -4.55. The lowest BCUT2D eigenvalue weighted by atomic mass is 9.74. The summed E-state index contributed by atoms with van der Waals surface area (Å²) < 4.78 is 33.5. The number of alkyl halides is 1. The molecular weight excluding hydrogens is 471 g/mol. The Bertz CT molecular complexity index is 793. The van der Waals surface area contributed by atoms with Gasteiger partial charge in [-0.25, -0.2) is 9.18 Å². The fourth-order valence-corrected chi connectivity index (χ4v) is 5.38. The van der Waals surface area contributed by atoms with Gasteiger partial charge < -0.3 is 24.4 Å². The molecule has 0 aliphatic carbocycles. The second-order valence-corrected chi connectivity index (χ2v) is 11.5. The summed E-state index contributed by atoms with van der Waals surface area (Å²) in [5.74, 6) is -5.72. The summed E-state index contributed by atoms with van der Waals surface area (Å²) in [5, 5.41) is 22.1. The molecule has 1 aliphatic rings. The van der Waals surface area contributed by atoms with Crippen LogP contribution in [0, 0.1) is 17.8 Å². The summed E-state index contributed by atoms with van der Waals surface area (Å²) in [4.78, 5) is 39.8. The molecule has 1 aliphatic heterocycles. The van der Waals surface area contributed by atoms with E-state index in [9.17, 15) is 24.6 Å². The minimum absolute atomic E-state index is 0.0193. The van der Waals surface area contributed by atoms with Gasteiger partial charge in [0, 0.05) is 17.8 Å². The van der Waals surface area contributed by atoms with Crippen LogP contribution in [0.4, 0.5) is 4.39 Å². The lowest BCUT2D eigenvalue weighted by molar-refractivity contribution is -0.206. The van der Waals surface area contributed by atoms with Crippen molar-refractivity contribution < 1.29 is 43.2 Å². The predicted octanol–water partition coefficient (Wildman–Crippen LogP) is 3.58. The van der Waals surface area contributed by atoms with Crippen molar-refractivity contribution in [1.82, 2.24) is 0 Å². The van der Waals surface area contributed by atoms with Crippen molar-refractivity contribution in [3.8, 4) is 0 Å². The van der Waals surface area contributed by atoms with Gasteiger partial charge in [-0.05, 0) is 61.3 Å². The molecule has 1 fully saturated rings. The summed E-state index contributed by atoms with van der Waals surface area (Å²) >= 11 is 0. The molecule has 1 saturated heterocycles. The Morgan fingerprint density at radius 3 is 2.00 bits per heavy atom. The number of halogens is 1. The fraction of sp³-hybridized carbons (Fsp3) is 0.889. The van der Waals surface area contributed by atoms with Crippen LogP contribution in [0.2, 0.25) is 0 Å². The lowest BCUT2D eigenvalue weighted by Crippen LogP contribution is -2.59. The Kier molecular flexibility index (Phi) is 10.8. The molecule has 9 atom stereocenters. The van der Waals surface area contributed by atoms with Crippen molar-refractivity contribution >= 4 is 17.5 Å². The van der Waals surface area contributed by atoms with E-state index in [1.165, 1.54) is 20.8 Å². The number of esters is 1. The van der Waals surface area contributed by atoms with Gasteiger partial charge in [0.2, 0.25) is 0 Å². The van der Waals surface area contributed by atoms with Gasteiger partial charge in [-0.15, -0.1) is 0 Å². The number of aliphatic hydroxyl groups excluding tert-OH is 1. The molecule has 0 radical (unpaired) electrons. The molecule has 36 heavy (non-hydrogen) atoms. The highest BCUT2D eigenvalue weighted by molar-refractivity contribution is 6.07. The van der Waals surface area contributed by atoms with Crippen molar-refractivity contribution in [3.63, 3.8) is 0 Å². The molecule has 2 N–H and O–H groups in total. The minimum atomic E-state index is -3.05. The number of cyclic esters (lactones) is 1. The molecule has 0 unspecified atom stereocenters. The number of aliphatic hydroxyl groups is 2. The molecule has 0 aromatic rings. The number of rotatable bonds is 5. The largest absolute Gasteiger partial charge is 0.457 e. The first-order valence-corrected chi connectivity index (χ1v) is 13.0. The Balaban J connectivity index is 3.80. The molecule has 1 rings (SSSR count). The molecule has 8 nitrogen and oxygen atoms in total. The Morgan fingerprint density at radius 1 is 1.03 bits per heavy atom. The van der Waals surface area contributed by atoms with Crippen molar-refractivity contribution in [2.75, 3.05) is 0 Å². The van der Waals surface area contributed by atoms with E-state index in [1.807, 2.05) is 0 Å². The highest BCUT2D eigenvalue weighted by Gasteiger charge is 2.55. The van der Waals surface area contributed by atoms with Gasteiger partial charge in [0.15, 0.2) is 5.78 Å². The van der Waals surface area contributed by atoms with E-state index in [2.05, 4.69) is 0 Å². The average molecular weight is 519 g/mol. The molecule has 0 aromatic heterocycles. The number of Topliss-reactive ketones (excluding diaryl/α,β-unsaturated/α-hetero) is 2. The first-order valence-electron chi connectivity index (χ1n) is 13.0. The molecule has 210 valence electrons. The first-order chi connectivity index (χ1) is 16.2. The van der Waals surface area contributed by atoms with Crippen molar-refractivity contribution in [1.29, 1.82) is 0 Å². The smallest absolute Gasteiger partial charge is 0.351 e. The number of hydrogen-bond acceptors (Lipinski definition) is 8. The van der Waals surface area contributed by atoms with E-state index in [0.717, 1.165) is 6.92 Å². The van der Waals surface area contributed by atoms with E-state index in [4.69, 9.17) is 14.2 Å². The second-order valence-electron chi connectivity index (χ2n) is 11.5. The molecular formula is C27H47FO8. The zero-order valence-electron chi connectivity index (χ0n) is 23.8. The van der Waals surface area contributed by atoms with Crippen LogP contribution in [-0.2, 0) is 28.6 Å². The summed E-state index contributed by atoms with van der Waals surface area (Å²) in [5.41, 5.74) is -6.36. The van der Waals surface area contributed by atoms with Gasteiger partial charge in [0.1, 0.15) is 17.5 Å². The minimum Gasteiger partial charge on any atom is -0.457 e. The predicted molar refractivity (Wildman–Crippen MR) is 133 cm³/mol. The maximum absolute atomic E-state index is 15.9. The van der Waals surface area contributed by atoms with Gasteiger partial charge in [0.05, 0.1) is 30.0 Å². The number of hydrogen-bond donors (Lipinski definition) is 2. The van der Waals surface area contributed by atoms with Crippen LogP contribution in [0.1, 0.15) is 89.0 Å². The second kappa shape index (κ2) is 12.0. The third kappa shape index (κ3) is 6.91. The van der Waals surface area contributed by atoms with E-state index in [1.54, 1.807) is 48.5 Å². The van der Waals surface area contributed by atoms with Crippen LogP contribution >= 0.6 is 0 Å². The van der Waals surface area contributed by atoms with E-state index >= 15 is 4.39 Å². The van der Waals surface area contributed by atoms with Gasteiger partial charge in [-0.1, -0.05) is 27.7 Å². The zero-order valence-corrected chi connectivity index (χ0v) is 23.8. The van der Waals surface area contributed by atoms with E-state index in [0.29, 0.717) is 0 Å². The number of carbonyl (C=O) groups excluding carboxylic acids is 3. The summed E-state index contributed by atoms with van der Waals surface area (Å²) in [6.45, 7) is 17.1. The molecule has 9 heteroatoms. The Morgan fingerprint density at radius 2 is 1.56 bits per heavy atom. The summed E-state index contributed by atoms with van der Waals surface area (Å²) in [7, 11) is 0. The van der Waals surface area contributed by atoms with Crippen molar-refractivity contribution in [2.24, 2.45) is 17.8 Å². The Hall–Kier alpha value is -1.42. The number of ether oxygens (including phenoxy) is 3. The van der Waals surface area contributed by atoms with E-state index < -0.39 is 64.7 Å². The topological polar surface area (TPSA) is 119 Å². The maximum atomic E-state index is 15.9. The number of ketones is 2. The molecule has 0 amide bonds. The maximum Gasteiger partial charge on any atom is 0.351 e. The van der Waals surface area contributed by atoms with Crippen LogP contribution < -0.4 is 0 Å². The SMILES string of the molecule is CC[C@H]1OC(=O)[C@@](C)(F)C(=O)[C@H](C)[C@@H](OC(C)C)[C@](C)(OC(C)C)C[C@@H](C)C(=O)[C@H](C)[C@@H](O)[C@]1(C)O. The fourth-order valence-electron chi connectivity index (χ4n) is 5.38. The standard InChI is InChI=1S/C27H47FO8/c1-12-19-27(11,33)22(31)17(7)20(29)16(6)13-25(9,36-15(4)5)23(34-14(2)3)18(8)21(30)26(10,28)24(32)35-19/h14-19,22-23,31,33H,12-13H2,1-11H3/t16-,17+,18+,19-,22-,23-,25-,26+,27-/m1/s1. The highest BCUT2D eigenvalue weighted by atomic mass is 19.1. The van der Waals surface area contributed by atoms with Gasteiger partial charge in [-0.2, -0.15) is 0 Å². The molecule has 0 aromatic carbocycles. The number of carbonyl (C=O) groups is 3. The quantitative estimate of drug-likeness (QED) is 0.419. The van der Waals surface area contributed by atoms with Crippen molar-refractivity contribution in [3.05, 3.63) is 0 Å². The molecule has 0 bridgehead atoms. The first kappa shape index (κ1) is 32.6. The van der Waals surface area contributed by atoms with Crippen LogP contribution in [-0.4, -0.2) is 75.1 Å². The zero-order chi connectivity index (χ0) is 28.4. The third-order valence-corrected chi connectivity index (χ3v) is 7.23. The lowest BCUT2D eigenvalue weighted by Gasteiger charge is -2.45. The van der Waals surface area contributed by atoms with Crippen LogP contribution in [0.25, 0.3) is 0 Å². The van der Waals surface area contributed by atoms with Gasteiger partial charge in [-0.3, -0.25) is 9.59 Å².